The number of carbonyl (C=O) groups excluding carboxylic acids is 1. The Morgan fingerprint density at radius 3 is 2.76 bits per heavy atom. The molecule has 0 aliphatic heterocycles. The minimum Gasteiger partial charge on any atom is -0.337 e. The molecule has 0 saturated heterocycles. The molecule has 1 heterocycles. The van der Waals surface area contributed by atoms with Gasteiger partial charge in [-0.05, 0) is 12.8 Å². The lowest BCUT2D eigenvalue weighted by Gasteiger charge is -2.23. The first-order chi connectivity index (χ1) is 8.12. The topological polar surface area (TPSA) is 59.2 Å². The number of aromatic nitrogens is 1. The van der Waals surface area contributed by atoms with Gasteiger partial charge in [-0.3, -0.25) is 4.79 Å². The molecule has 0 aliphatic rings. The highest BCUT2D eigenvalue weighted by Gasteiger charge is 2.18. The van der Waals surface area contributed by atoms with Crippen LogP contribution in [-0.4, -0.2) is 28.9 Å². The third-order valence-electron chi connectivity index (χ3n) is 2.84. The second-order valence-electron chi connectivity index (χ2n) is 4.19. The summed E-state index contributed by atoms with van der Waals surface area (Å²) in [4.78, 5) is 18.3. The summed E-state index contributed by atoms with van der Waals surface area (Å²) in [5.74, 6) is 0.537. The lowest BCUT2D eigenvalue weighted by atomic mass is 10.1. The Bertz CT molecular complexity index is 364. The van der Waals surface area contributed by atoms with Gasteiger partial charge in [0.05, 0.1) is 0 Å². The van der Waals surface area contributed by atoms with Crippen LogP contribution in [0.1, 0.15) is 42.7 Å². The number of carbonyl (C=O) groups is 1. The first kappa shape index (κ1) is 14.1. The van der Waals surface area contributed by atoms with Crippen molar-refractivity contribution in [1.82, 2.24) is 9.88 Å². The summed E-state index contributed by atoms with van der Waals surface area (Å²) in [7, 11) is 0. The molecule has 2 N–H and O–H groups in total. The Morgan fingerprint density at radius 1 is 1.59 bits per heavy atom. The molecule has 4 nitrogen and oxygen atoms in total. The van der Waals surface area contributed by atoms with Gasteiger partial charge in [0.2, 0.25) is 0 Å². The molecule has 0 saturated carbocycles. The van der Waals surface area contributed by atoms with E-state index < -0.39 is 0 Å². The Kier molecular flexibility index (Phi) is 5.58. The third kappa shape index (κ3) is 3.78. The second-order valence-corrected chi connectivity index (χ2v) is 5.13. The second kappa shape index (κ2) is 6.71. The van der Waals surface area contributed by atoms with Crippen LogP contribution in [0.5, 0.6) is 0 Å². The number of hydrogen-bond acceptors (Lipinski definition) is 4. The van der Waals surface area contributed by atoms with Crippen molar-refractivity contribution in [2.45, 2.75) is 33.7 Å². The molecule has 0 radical (unpaired) electrons. The zero-order valence-electron chi connectivity index (χ0n) is 10.8. The summed E-state index contributed by atoms with van der Waals surface area (Å²) < 4.78 is 0. The number of hydrogen-bond donors (Lipinski definition) is 1. The Hall–Kier alpha value is -0.940. The number of amides is 1. The van der Waals surface area contributed by atoms with Crippen molar-refractivity contribution in [3.8, 4) is 0 Å². The van der Waals surface area contributed by atoms with Crippen molar-refractivity contribution in [2.24, 2.45) is 11.7 Å². The van der Waals surface area contributed by atoms with Crippen molar-refractivity contribution in [3.05, 3.63) is 16.1 Å². The maximum absolute atomic E-state index is 12.2. The fraction of sp³-hybridized carbons (Fsp3) is 0.667. The SMILES string of the molecule is CCC(C)CN(CC)C(=O)c1csc(CN)n1. The molecule has 5 heteroatoms. The average molecular weight is 255 g/mol. The largest absolute Gasteiger partial charge is 0.337 e. The van der Waals surface area contributed by atoms with Crippen molar-refractivity contribution in [2.75, 3.05) is 13.1 Å². The predicted octanol–water partition coefficient (Wildman–Crippen LogP) is 2.11. The highest BCUT2D eigenvalue weighted by Crippen LogP contribution is 2.13. The molecule has 1 unspecified atom stereocenters. The summed E-state index contributed by atoms with van der Waals surface area (Å²) in [5, 5.41) is 2.61. The van der Waals surface area contributed by atoms with E-state index in [0.29, 0.717) is 18.2 Å². The van der Waals surface area contributed by atoms with Gasteiger partial charge >= 0.3 is 0 Å². The first-order valence-electron chi connectivity index (χ1n) is 6.06. The van der Waals surface area contributed by atoms with E-state index in [4.69, 9.17) is 5.73 Å². The monoisotopic (exact) mass is 255 g/mol. The average Bonchev–Trinajstić information content (AvgIpc) is 2.83. The Labute approximate surface area is 107 Å². The van der Waals surface area contributed by atoms with Crippen LogP contribution in [0.2, 0.25) is 0 Å². The van der Waals surface area contributed by atoms with Crippen molar-refractivity contribution >= 4 is 17.2 Å². The van der Waals surface area contributed by atoms with Crippen molar-refractivity contribution in [1.29, 1.82) is 0 Å². The molecule has 0 spiro atoms. The van der Waals surface area contributed by atoms with Gasteiger partial charge in [-0.25, -0.2) is 4.98 Å². The van der Waals surface area contributed by atoms with Gasteiger partial charge in [-0.1, -0.05) is 20.3 Å². The van der Waals surface area contributed by atoms with Crippen LogP contribution >= 0.6 is 11.3 Å². The summed E-state index contributed by atoms with van der Waals surface area (Å²) in [6.07, 6.45) is 1.08. The smallest absolute Gasteiger partial charge is 0.273 e. The van der Waals surface area contributed by atoms with Crippen LogP contribution < -0.4 is 5.73 Å². The van der Waals surface area contributed by atoms with Crippen LogP contribution in [-0.2, 0) is 6.54 Å². The van der Waals surface area contributed by atoms with Gasteiger partial charge in [0.15, 0.2) is 0 Å². The fourth-order valence-electron chi connectivity index (χ4n) is 1.53. The maximum Gasteiger partial charge on any atom is 0.273 e. The van der Waals surface area contributed by atoms with E-state index in [2.05, 4.69) is 18.8 Å². The molecule has 0 fully saturated rings. The molecular formula is C12H21N3OS. The predicted molar refractivity (Wildman–Crippen MR) is 71.0 cm³/mol. The van der Waals surface area contributed by atoms with Gasteiger partial charge in [-0.2, -0.15) is 0 Å². The normalized spacial score (nSPS) is 12.5. The maximum atomic E-state index is 12.2. The molecule has 1 aromatic rings. The lowest BCUT2D eigenvalue weighted by molar-refractivity contribution is 0.0735. The zero-order chi connectivity index (χ0) is 12.8. The van der Waals surface area contributed by atoms with E-state index in [1.165, 1.54) is 11.3 Å². The van der Waals surface area contributed by atoms with Gasteiger partial charge < -0.3 is 10.6 Å². The van der Waals surface area contributed by atoms with Crippen LogP contribution in [0.3, 0.4) is 0 Å². The third-order valence-corrected chi connectivity index (χ3v) is 3.71. The molecule has 1 amide bonds. The Balaban J connectivity index is 2.71. The number of nitrogens with two attached hydrogens (primary N) is 1. The minimum atomic E-state index is 0.0174. The molecule has 1 atom stereocenters. The summed E-state index contributed by atoms with van der Waals surface area (Å²) in [5.41, 5.74) is 6.03. The quantitative estimate of drug-likeness (QED) is 0.847. The van der Waals surface area contributed by atoms with Gasteiger partial charge in [-0.15, -0.1) is 11.3 Å². The standard InChI is InChI=1S/C12H21N3OS/c1-4-9(3)7-15(5-2)12(16)10-8-17-11(6-13)14-10/h8-9H,4-7,13H2,1-3H3. The molecular weight excluding hydrogens is 234 g/mol. The minimum absolute atomic E-state index is 0.0174. The van der Waals surface area contributed by atoms with Gasteiger partial charge in [0, 0.05) is 25.0 Å². The van der Waals surface area contributed by atoms with Crippen LogP contribution in [0.15, 0.2) is 5.38 Å². The summed E-state index contributed by atoms with van der Waals surface area (Å²) >= 11 is 1.45. The fourth-order valence-corrected chi connectivity index (χ4v) is 2.17. The van der Waals surface area contributed by atoms with Crippen molar-refractivity contribution < 1.29 is 4.79 Å². The van der Waals surface area contributed by atoms with E-state index in [-0.39, 0.29) is 5.91 Å². The number of thiazole rings is 1. The number of nitrogens with zero attached hydrogens (tertiary/aromatic N) is 2. The van der Waals surface area contributed by atoms with E-state index >= 15 is 0 Å². The summed E-state index contributed by atoms with van der Waals surface area (Å²) in [6, 6.07) is 0. The van der Waals surface area contributed by atoms with Crippen LogP contribution in [0, 0.1) is 5.92 Å². The van der Waals surface area contributed by atoms with Crippen molar-refractivity contribution in [3.63, 3.8) is 0 Å². The molecule has 1 rings (SSSR count). The van der Waals surface area contributed by atoms with Gasteiger partial charge in [0.25, 0.3) is 5.91 Å². The Morgan fingerprint density at radius 2 is 2.29 bits per heavy atom. The molecule has 1 aromatic heterocycles. The molecule has 0 aromatic carbocycles. The summed E-state index contributed by atoms with van der Waals surface area (Å²) in [6.45, 7) is 8.20. The first-order valence-corrected chi connectivity index (χ1v) is 6.94. The van der Waals surface area contributed by atoms with Gasteiger partial charge in [0.1, 0.15) is 10.7 Å². The molecule has 0 aliphatic carbocycles. The van der Waals surface area contributed by atoms with E-state index in [9.17, 15) is 4.79 Å². The lowest BCUT2D eigenvalue weighted by Crippen LogP contribution is -2.34. The number of rotatable bonds is 6. The van der Waals surface area contributed by atoms with Crippen LogP contribution in [0.25, 0.3) is 0 Å². The highest BCUT2D eigenvalue weighted by atomic mass is 32.1. The molecule has 96 valence electrons. The molecule has 17 heavy (non-hydrogen) atoms. The van der Waals surface area contributed by atoms with E-state index in [1.807, 2.05) is 11.8 Å². The van der Waals surface area contributed by atoms with E-state index in [0.717, 1.165) is 24.5 Å². The molecule has 0 bridgehead atoms. The highest BCUT2D eigenvalue weighted by molar-refractivity contribution is 7.09. The van der Waals surface area contributed by atoms with E-state index in [1.54, 1.807) is 5.38 Å². The zero-order valence-corrected chi connectivity index (χ0v) is 11.6. The van der Waals surface area contributed by atoms with Crippen LogP contribution in [0.4, 0.5) is 0 Å².